The number of urea groups is 1. The molecule has 4 amide bonds. The van der Waals surface area contributed by atoms with E-state index in [1.54, 1.807) is 0 Å². The number of rotatable bonds is 4. The minimum Gasteiger partial charge on any atom is -0.341 e. The molecule has 8 rings (SSSR count). The molecule has 6 aromatic rings. The lowest BCUT2D eigenvalue weighted by Gasteiger charge is -2.30. The third-order valence-electron chi connectivity index (χ3n) is 10.2. The standard InChI is InChI=1S/C41H36N4O3/c1-5-44-31(29-15-7-11-25-13-9-17-33(44)36(25)29)23-21-27-19-20-28(35(27)38-39(46)42(3)41(48)43(4)40(38)47)22-24-32-30-16-8-12-26-14-10-18-34(37(26)30)45(32)6-2/h7-18,21-24H,5-6,19-20H2,1-4H3/b27-21-,28-22+,31-23-,32-24?. The van der Waals surface area contributed by atoms with E-state index in [0.29, 0.717) is 18.4 Å². The second-order valence-corrected chi connectivity index (χ2v) is 12.6. The Balaban J connectivity index is 1.37. The lowest BCUT2D eigenvalue weighted by Crippen LogP contribution is -2.53. The topological polar surface area (TPSA) is 67.6 Å². The lowest BCUT2D eigenvalue weighted by molar-refractivity contribution is -0.134. The molecule has 0 atom stereocenters. The normalized spacial score (nSPS) is 18.7. The van der Waals surface area contributed by atoms with Crippen LogP contribution in [0.4, 0.5) is 4.79 Å². The van der Waals surface area contributed by atoms with Crippen LogP contribution in [0.3, 0.4) is 0 Å². The summed E-state index contributed by atoms with van der Waals surface area (Å²) in [4.78, 5) is 42.3. The summed E-state index contributed by atoms with van der Waals surface area (Å²) in [6.45, 7) is 5.89. The molecule has 0 unspecified atom stereocenters. The van der Waals surface area contributed by atoms with Crippen LogP contribution in [0.25, 0.3) is 55.5 Å². The van der Waals surface area contributed by atoms with Crippen molar-refractivity contribution in [3.63, 3.8) is 0 Å². The number of nitrogens with zero attached hydrogens (tertiary/aromatic N) is 4. The molecule has 2 aromatic heterocycles. The van der Waals surface area contributed by atoms with Crippen LogP contribution in [0.15, 0.2) is 107 Å². The first-order valence-corrected chi connectivity index (χ1v) is 16.6. The van der Waals surface area contributed by atoms with Crippen molar-refractivity contribution in [1.82, 2.24) is 18.9 Å². The predicted octanol–water partition coefficient (Wildman–Crippen LogP) is 6.63. The molecule has 1 aliphatic heterocycles. The van der Waals surface area contributed by atoms with Gasteiger partial charge >= 0.3 is 6.03 Å². The zero-order valence-electron chi connectivity index (χ0n) is 27.6. The smallest absolute Gasteiger partial charge is 0.333 e. The Morgan fingerprint density at radius 3 is 1.40 bits per heavy atom. The van der Waals surface area contributed by atoms with E-state index in [0.717, 1.165) is 44.7 Å². The van der Waals surface area contributed by atoms with E-state index in [9.17, 15) is 14.4 Å². The van der Waals surface area contributed by atoms with Crippen molar-refractivity contribution in [1.29, 1.82) is 0 Å². The number of likely N-dealkylation sites (N-methyl/N-ethyl adjacent to an activating group) is 2. The van der Waals surface area contributed by atoms with Gasteiger partial charge in [0.15, 0.2) is 0 Å². The third-order valence-corrected chi connectivity index (χ3v) is 10.2. The van der Waals surface area contributed by atoms with Crippen LogP contribution in [-0.2, 0) is 22.7 Å². The minimum absolute atomic E-state index is 0.0414. The summed E-state index contributed by atoms with van der Waals surface area (Å²) in [6.07, 6.45) is 9.71. The van der Waals surface area contributed by atoms with Gasteiger partial charge in [-0.05, 0) is 78.5 Å². The number of hydrogen-bond donors (Lipinski definition) is 0. The van der Waals surface area contributed by atoms with Gasteiger partial charge in [0.2, 0.25) is 0 Å². The summed E-state index contributed by atoms with van der Waals surface area (Å²) in [7, 11) is 2.87. The molecule has 7 nitrogen and oxygen atoms in total. The molecule has 7 heteroatoms. The largest absolute Gasteiger partial charge is 0.341 e. The number of hydrogen-bond acceptors (Lipinski definition) is 3. The Hall–Kier alpha value is -5.69. The number of amides is 4. The van der Waals surface area contributed by atoms with Gasteiger partial charge in [-0.25, -0.2) is 4.79 Å². The lowest BCUT2D eigenvalue weighted by atomic mass is 9.95. The highest BCUT2D eigenvalue weighted by atomic mass is 16.2. The van der Waals surface area contributed by atoms with E-state index in [2.05, 4.69) is 120 Å². The first-order valence-electron chi connectivity index (χ1n) is 16.6. The molecule has 3 heterocycles. The fourth-order valence-corrected chi connectivity index (χ4v) is 7.89. The average molecular weight is 633 g/mol. The van der Waals surface area contributed by atoms with E-state index in [4.69, 9.17) is 0 Å². The molecule has 1 saturated heterocycles. The highest BCUT2D eigenvalue weighted by Gasteiger charge is 2.41. The maximum absolute atomic E-state index is 13.7. The minimum atomic E-state index is -0.626. The van der Waals surface area contributed by atoms with Gasteiger partial charge in [-0.2, -0.15) is 0 Å². The van der Waals surface area contributed by atoms with Gasteiger partial charge in [-0.3, -0.25) is 19.4 Å². The highest BCUT2D eigenvalue weighted by Crippen LogP contribution is 2.40. The van der Waals surface area contributed by atoms with Gasteiger partial charge in [0.1, 0.15) is 5.57 Å². The summed E-state index contributed by atoms with van der Waals surface area (Å²) < 4.78 is 4.62. The van der Waals surface area contributed by atoms with Gasteiger partial charge in [-0.15, -0.1) is 0 Å². The van der Waals surface area contributed by atoms with E-state index < -0.39 is 17.8 Å². The molecule has 2 fully saturated rings. The average Bonchev–Trinajstić information content (AvgIpc) is 3.76. The van der Waals surface area contributed by atoms with Crippen molar-refractivity contribution in [3.8, 4) is 0 Å². The van der Waals surface area contributed by atoms with Crippen molar-refractivity contribution < 1.29 is 14.4 Å². The number of barbiturate groups is 1. The van der Waals surface area contributed by atoms with Gasteiger partial charge in [0.05, 0.1) is 0 Å². The number of carbonyl (C=O) groups excluding carboxylic acids is 3. The quantitative estimate of drug-likeness (QED) is 0.162. The summed E-state index contributed by atoms with van der Waals surface area (Å²) >= 11 is 0. The fraction of sp³-hybridized carbons (Fsp3) is 0.195. The number of benzene rings is 4. The molecule has 48 heavy (non-hydrogen) atoms. The van der Waals surface area contributed by atoms with Crippen LogP contribution in [0.1, 0.15) is 26.7 Å². The zero-order chi connectivity index (χ0) is 33.3. The SMILES string of the molecule is CCn1c(=C/C=C2\CC/C(=C/C=c3/c4cccc5cccc(c54)n3CC)C2=C2C(=O)N(C)C(=O)N(C)C2=O)c2cccc3cccc1c32. The number of imide groups is 2. The summed E-state index contributed by atoms with van der Waals surface area (Å²) in [5.41, 5.74) is 4.84. The first kappa shape index (κ1) is 29.7. The first-order chi connectivity index (χ1) is 23.3. The molecular formula is C41H36N4O3. The molecule has 1 saturated carbocycles. The van der Waals surface area contributed by atoms with Gasteiger partial charge in [0.25, 0.3) is 11.8 Å². The molecule has 0 bridgehead atoms. The summed E-state index contributed by atoms with van der Waals surface area (Å²) in [6, 6.07) is 24.9. The zero-order valence-corrected chi connectivity index (χ0v) is 27.6. The van der Waals surface area contributed by atoms with E-state index in [-0.39, 0.29) is 5.57 Å². The third kappa shape index (κ3) is 4.23. The van der Waals surface area contributed by atoms with Crippen molar-refractivity contribution in [2.24, 2.45) is 0 Å². The highest BCUT2D eigenvalue weighted by molar-refractivity contribution is 6.29. The van der Waals surface area contributed by atoms with Gasteiger partial charge in [-0.1, -0.05) is 72.8 Å². The van der Waals surface area contributed by atoms with Crippen LogP contribution in [0, 0.1) is 0 Å². The fourth-order valence-electron chi connectivity index (χ4n) is 7.89. The van der Waals surface area contributed by atoms with Crippen LogP contribution in [0.5, 0.6) is 0 Å². The predicted molar refractivity (Wildman–Crippen MR) is 193 cm³/mol. The molecule has 4 aromatic carbocycles. The molecule has 0 spiro atoms. The summed E-state index contributed by atoms with van der Waals surface area (Å²) in [5.74, 6) is -1.14. The van der Waals surface area contributed by atoms with E-state index >= 15 is 0 Å². The van der Waals surface area contributed by atoms with Crippen LogP contribution in [-0.4, -0.2) is 50.9 Å². The van der Waals surface area contributed by atoms with E-state index in [1.165, 1.54) is 57.4 Å². The Morgan fingerprint density at radius 1 is 0.562 bits per heavy atom. The van der Waals surface area contributed by atoms with Crippen LogP contribution in [0.2, 0.25) is 0 Å². The van der Waals surface area contributed by atoms with Gasteiger partial charge in [0, 0.05) is 70.5 Å². The number of aromatic nitrogens is 2. The maximum Gasteiger partial charge on any atom is 0.333 e. The van der Waals surface area contributed by atoms with Crippen molar-refractivity contribution in [2.75, 3.05) is 14.1 Å². The summed E-state index contributed by atoms with van der Waals surface area (Å²) in [5, 5.41) is 9.36. The Labute approximate surface area is 278 Å². The molecule has 0 N–H and O–H groups in total. The molecule has 238 valence electrons. The molecule has 2 aliphatic rings. The van der Waals surface area contributed by atoms with Crippen LogP contribution >= 0.6 is 0 Å². The Bertz CT molecular complexity index is 2390. The Morgan fingerprint density at radius 2 is 0.979 bits per heavy atom. The number of aryl methyl sites for hydroxylation is 2. The van der Waals surface area contributed by atoms with Crippen LogP contribution < -0.4 is 10.7 Å². The second kappa shape index (κ2) is 11.2. The van der Waals surface area contributed by atoms with Gasteiger partial charge < -0.3 is 9.13 Å². The van der Waals surface area contributed by atoms with Crippen molar-refractivity contribution >= 4 is 73.3 Å². The van der Waals surface area contributed by atoms with Crippen molar-refractivity contribution in [2.45, 2.75) is 39.8 Å². The van der Waals surface area contributed by atoms with E-state index in [1.807, 2.05) is 0 Å². The number of carbonyl (C=O) groups is 3. The second-order valence-electron chi connectivity index (χ2n) is 12.6. The van der Waals surface area contributed by atoms with Crippen molar-refractivity contribution in [3.05, 3.63) is 118 Å². The number of allylic oxidation sites excluding steroid dienone is 5. The Kier molecular flexibility index (Phi) is 6.95. The monoisotopic (exact) mass is 632 g/mol. The maximum atomic E-state index is 13.7. The molecular weight excluding hydrogens is 596 g/mol. The molecule has 1 aliphatic carbocycles. The molecule has 0 radical (unpaired) electrons.